The van der Waals surface area contributed by atoms with Gasteiger partial charge in [-0.2, -0.15) is 0 Å². The van der Waals surface area contributed by atoms with Crippen LogP contribution >= 0.6 is 0 Å². The summed E-state index contributed by atoms with van der Waals surface area (Å²) in [6.45, 7) is 0.767. The molecule has 0 radical (unpaired) electrons. The molecule has 1 amide bonds. The summed E-state index contributed by atoms with van der Waals surface area (Å²) >= 11 is 0. The van der Waals surface area contributed by atoms with Crippen molar-refractivity contribution >= 4 is 6.09 Å². The molecule has 18 heavy (non-hydrogen) atoms. The van der Waals surface area contributed by atoms with Crippen LogP contribution in [0.25, 0.3) is 0 Å². The van der Waals surface area contributed by atoms with E-state index >= 15 is 0 Å². The van der Waals surface area contributed by atoms with Gasteiger partial charge in [-0.15, -0.1) is 0 Å². The van der Waals surface area contributed by atoms with E-state index in [4.69, 9.17) is 14.2 Å². The Labute approximate surface area is 108 Å². The number of likely N-dealkylation sites (tertiary alicyclic amines) is 1. The molecule has 1 heterocycles. The normalized spacial score (nSPS) is 24.1. The molecule has 0 aromatic heterocycles. The van der Waals surface area contributed by atoms with Crippen molar-refractivity contribution in [2.75, 3.05) is 34.2 Å². The second kappa shape index (κ2) is 8.29. The van der Waals surface area contributed by atoms with Crippen molar-refractivity contribution in [3.8, 4) is 0 Å². The summed E-state index contributed by atoms with van der Waals surface area (Å²) in [5.74, 6) is 0. The molecule has 0 unspecified atom stereocenters. The van der Waals surface area contributed by atoms with Crippen molar-refractivity contribution in [2.45, 2.75) is 37.8 Å². The third-order valence-corrected chi connectivity index (χ3v) is 3.25. The number of carbonyl (C=O) groups is 1. The van der Waals surface area contributed by atoms with Crippen molar-refractivity contribution in [3.05, 3.63) is 0 Å². The van der Waals surface area contributed by atoms with Crippen molar-refractivity contribution in [3.63, 3.8) is 0 Å². The van der Waals surface area contributed by atoms with Gasteiger partial charge >= 0.3 is 6.09 Å². The number of piperidine rings is 1. The number of hydrogen-bond acceptors (Lipinski definition) is 5. The molecule has 1 rings (SSSR count). The zero-order valence-electron chi connectivity index (χ0n) is 11.1. The molecule has 6 heteroatoms. The van der Waals surface area contributed by atoms with Crippen molar-refractivity contribution in [1.82, 2.24) is 4.90 Å². The van der Waals surface area contributed by atoms with Gasteiger partial charge in [-0.3, -0.25) is 4.90 Å². The fourth-order valence-corrected chi connectivity index (χ4v) is 2.39. The van der Waals surface area contributed by atoms with Gasteiger partial charge in [0.2, 0.25) is 0 Å². The summed E-state index contributed by atoms with van der Waals surface area (Å²) in [6, 6.07) is -0.0705. The maximum atomic E-state index is 11.8. The number of aliphatic hydroxyl groups is 1. The SMILES string of the molecule is COCOCC[C@@H]1CCC[C@@H](CO)N1C(=O)OC. The summed E-state index contributed by atoms with van der Waals surface area (Å²) in [5.41, 5.74) is 0. The molecule has 0 aromatic carbocycles. The lowest BCUT2D eigenvalue weighted by molar-refractivity contribution is -0.0419. The fourth-order valence-electron chi connectivity index (χ4n) is 2.39. The second-order valence-corrected chi connectivity index (χ2v) is 4.40. The van der Waals surface area contributed by atoms with Crippen LogP contribution < -0.4 is 0 Å². The summed E-state index contributed by atoms with van der Waals surface area (Å²) in [7, 11) is 2.94. The fraction of sp³-hybridized carbons (Fsp3) is 0.917. The van der Waals surface area contributed by atoms with Crippen LogP contribution in [0.1, 0.15) is 25.7 Å². The second-order valence-electron chi connectivity index (χ2n) is 4.40. The third-order valence-electron chi connectivity index (χ3n) is 3.25. The molecule has 0 aromatic rings. The Bertz CT molecular complexity index is 249. The number of aliphatic hydroxyl groups excluding tert-OH is 1. The topological polar surface area (TPSA) is 68.2 Å². The van der Waals surface area contributed by atoms with Gasteiger partial charge in [0.25, 0.3) is 0 Å². The highest BCUT2D eigenvalue weighted by atomic mass is 16.7. The van der Waals surface area contributed by atoms with Crippen LogP contribution in [0.4, 0.5) is 4.79 Å². The highest BCUT2D eigenvalue weighted by molar-refractivity contribution is 5.68. The van der Waals surface area contributed by atoms with Crippen LogP contribution in [0, 0.1) is 0 Å². The molecule has 106 valence electrons. The molecular formula is C12H23NO5. The van der Waals surface area contributed by atoms with E-state index in [1.54, 1.807) is 12.0 Å². The molecule has 0 saturated carbocycles. The predicted molar refractivity (Wildman–Crippen MR) is 65.2 cm³/mol. The Hall–Kier alpha value is -0.850. The smallest absolute Gasteiger partial charge is 0.410 e. The van der Waals surface area contributed by atoms with Crippen molar-refractivity contribution in [2.24, 2.45) is 0 Å². The Morgan fingerprint density at radius 3 is 2.67 bits per heavy atom. The lowest BCUT2D eigenvalue weighted by Gasteiger charge is -2.40. The Balaban J connectivity index is 2.52. The first-order chi connectivity index (χ1) is 8.74. The molecule has 0 aliphatic carbocycles. The highest BCUT2D eigenvalue weighted by Gasteiger charge is 2.34. The van der Waals surface area contributed by atoms with E-state index in [2.05, 4.69) is 0 Å². The molecule has 0 spiro atoms. The first-order valence-corrected chi connectivity index (χ1v) is 6.28. The lowest BCUT2D eigenvalue weighted by atomic mass is 9.94. The number of methoxy groups -OCH3 is 2. The summed E-state index contributed by atoms with van der Waals surface area (Å²) in [6.07, 6.45) is 3.11. The molecule has 1 aliphatic rings. The van der Waals surface area contributed by atoms with E-state index in [1.165, 1.54) is 7.11 Å². The van der Waals surface area contributed by atoms with Crippen LogP contribution in [0.3, 0.4) is 0 Å². The molecule has 1 saturated heterocycles. The zero-order valence-corrected chi connectivity index (χ0v) is 11.1. The molecule has 6 nitrogen and oxygen atoms in total. The number of ether oxygens (including phenoxy) is 3. The van der Waals surface area contributed by atoms with Crippen LogP contribution in [-0.2, 0) is 14.2 Å². The van der Waals surface area contributed by atoms with Crippen molar-refractivity contribution < 1.29 is 24.1 Å². The van der Waals surface area contributed by atoms with E-state index in [9.17, 15) is 9.90 Å². The maximum Gasteiger partial charge on any atom is 0.410 e. The van der Waals surface area contributed by atoms with E-state index in [-0.39, 0.29) is 31.6 Å². The number of amides is 1. The Kier molecular flexibility index (Phi) is 7.00. The number of rotatable bonds is 6. The zero-order chi connectivity index (χ0) is 13.4. The lowest BCUT2D eigenvalue weighted by Crippen LogP contribution is -2.51. The molecule has 1 N–H and O–H groups in total. The molecule has 1 aliphatic heterocycles. The van der Waals surface area contributed by atoms with Gasteiger partial charge in [0.15, 0.2) is 0 Å². The first-order valence-electron chi connectivity index (χ1n) is 6.28. The first kappa shape index (κ1) is 15.2. The summed E-state index contributed by atoms with van der Waals surface area (Å²) in [4.78, 5) is 13.4. The molecular weight excluding hydrogens is 238 g/mol. The van der Waals surface area contributed by atoms with Crippen molar-refractivity contribution in [1.29, 1.82) is 0 Å². The van der Waals surface area contributed by atoms with Gasteiger partial charge in [0, 0.05) is 13.2 Å². The average molecular weight is 261 g/mol. The van der Waals surface area contributed by atoms with Gasteiger partial charge < -0.3 is 19.3 Å². The predicted octanol–water partition coefficient (Wildman–Crippen LogP) is 0.979. The monoisotopic (exact) mass is 261 g/mol. The quantitative estimate of drug-likeness (QED) is 0.570. The third kappa shape index (κ3) is 4.12. The minimum Gasteiger partial charge on any atom is -0.453 e. The number of nitrogens with zero attached hydrogens (tertiary/aromatic N) is 1. The van der Waals surface area contributed by atoms with Gasteiger partial charge in [-0.25, -0.2) is 4.79 Å². The Morgan fingerprint density at radius 2 is 2.06 bits per heavy atom. The van der Waals surface area contributed by atoms with Crippen LogP contribution in [0.2, 0.25) is 0 Å². The highest BCUT2D eigenvalue weighted by Crippen LogP contribution is 2.25. The Morgan fingerprint density at radius 1 is 1.33 bits per heavy atom. The standard InChI is InChI=1S/C12H23NO5/c1-16-9-18-7-6-10-4-3-5-11(8-14)13(10)12(15)17-2/h10-11,14H,3-9H2,1-2H3/t10-,11-/m0/s1. The molecule has 0 bridgehead atoms. The maximum absolute atomic E-state index is 11.8. The van der Waals surface area contributed by atoms with E-state index < -0.39 is 0 Å². The summed E-state index contributed by atoms with van der Waals surface area (Å²) in [5, 5.41) is 9.33. The average Bonchev–Trinajstić information content (AvgIpc) is 2.42. The molecule has 2 atom stereocenters. The van der Waals surface area contributed by atoms with E-state index in [0.717, 1.165) is 25.7 Å². The summed E-state index contributed by atoms with van der Waals surface area (Å²) < 4.78 is 14.8. The van der Waals surface area contributed by atoms with E-state index in [0.29, 0.717) is 6.61 Å². The van der Waals surface area contributed by atoms with Gasteiger partial charge in [-0.1, -0.05) is 0 Å². The van der Waals surface area contributed by atoms with Gasteiger partial charge in [0.05, 0.1) is 26.4 Å². The van der Waals surface area contributed by atoms with E-state index in [1.807, 2.05) is 0 Å². The van der Waals surface area contributed by atoms with Gasteiger partial charge in [-0.05, 0) is 25.7 Å². The number of hydrogen-bond donors (Lipinski definition) is 1. The number of carbonyl (C=O) groups excluding carboxylic acids is 1. The van der Waals surface area contributed by atoms with Gasteiger partial charge in [0.1, 0.15) is 6.79 Å². The largest absolute Gasteiger partial charge is 0.453 e. The van der Waals surface area contributed by atoms with Crippen LogP contribution in [-0.4, -0.2) is 62.4 Å². The van der Waals surface area contributed by atoms with Crippen LogP contribution in [0.5, 0.6) is 0 Å². The minimum absolute atomic E-state index is 0.0233. The minimum atomic E-state index is -0.370. The van der Waals surface area contributed by atoms with Crippen LogP contribution in [0.15, 0.2) is 0 Å². The molecule has 1 fully saturated rings.